The molecule has 5 heteroatoms. The maximum Gasteiger partial charge on any atom is 0.124 e. The van der Waals surface area contributed by atoms with Crippen LogP contribution in [0.25, 0.3) is 0 Å². The maximum atomic E-state index is 4.20. The largest absolute Gasteiger partial charge is 0.365 e. The molecule has 2 rings (SSSR count). The monoisotopic (exact) mass is 208 g/mol. The lowest BCUT2D eigenvalue weighted by Gasteiger charge is -2.03. The van der Waals surface area contributed by atoms with Gasteiger partial charge in [0.05, 0.1) is 17.7 Å². The summed E-state index contributed by atoms with van der Waals surface area (Å²) in [5.41, 5.74) is 0. The van der Waals surface area contributed by atoms with E-state index in [4.69, 9.17) is 0 Å². The molecular formula is C9H12N4S. The number of hydrogen-bond acceptors (Lipinski definition) is 4. The third-order valence-corrected chi connectivity index (χ3v) is 2.85. The van der Waals surface area contributed by atoms with Crippen molar-refractivity contribution >= 4 is 17.2 Å². The number of aryl methyl sites for hydroxylation is 2. The Bertz CT molecular complexity index is 418. The molecule has 0 aromatic carbocycles. The summed E-state index contributed by atoms with van der Waals surface area (Å²) in [6.07, 6.45) is 3.68. The summed E-state index contributed by atoms with van der Waals surface area (Å²) in [7, 11) is 1.92. The van der Waals surface area contributed by atoms with E-state index in [0.717, 1.165) is 17.4 Å². The van der Waals surface area contributed by atoms with Gasteiger partial charge in [-0.25, -0.2) is 4.98 Å². The Hall–Kier alpha value is -1.36. The third-order valence-electron chi connectivity index (χ3n) is 1.93. The van der Waals surface area contributed by atoms with E-state index in [2.05, 4.69) is 15.4 Å². The van der Waals surface area contributed by atoms with Crippen LogP contribution in [0.3, 0.4) is 0 Å². The van der Waals surface area contributed by atoms with Crippen LogP contribution < -0.4 is 5.32 Å². The van der Waals surface area contributed by atoms with E-state index in [1.165, 1.54) is 4.88 Å². The van der Waals surface area contributed by atoms with Gasteiger partial charge in [-0.3, -0.25) is 4.68 Å². The summed E-state index contributed by atoms with van der Waals surface area (Å²) in [5.74, 6) is 1.02. The second-order valence-corrected chi connectivity index (χ2v) is 4.36. The smallest absolute Gasteiger partial charge is 0.124 e. The van der Waals surface area contributed by atoms with Gasteiger partial charge in [0, 0.05) is 24.2 Å². The zero-order valence-electron chi connectivity index (χ0n) is 8.19. The van der Waals surface area contributed by atoms with Crippen LogP contribution in [0, 0.1) is 6.92 Å². The molecule has 0 saturated heterocycles. The summed E-state index contributed by atoms with van der Waals surface area (Å²) in [6, 6.07) is 1.95. The van der Waals surface area contributed by atoms with Gasteiger partial charge in [0.2, 0.25) is 0 Å². The van der Waals surface area contributed by atoms with Crippen molar-refractivity contribution in [3.8, 4) is 0 Å². The molecule has 14 heavy (non-hydrogen) atoms. The van der Waals surface area contributed by atoms with Gasteiger partial charge in [0.25, 0.3) is 0 Å². The summed E-state index contributed by atoms with van der Waals surface area (Å²) in [4.78, 5) is 5.43. The van der Waals surface area contributed by atoms with Crippen molar-refractivity contribution in [2.45, 2.75) is 13.5 Å². The highest BCUT2D eigenvalue weighted by Crippen LogP contribution is 2.13. The summed E-state index contributed by atoms with van der Waals surface area (Å²) in [6.45, 7) is 2.82. The van der Waals surface area contributed by atoms with Gasteiger partial charge in [-0.05, 0) is 6.92 Å². The molecule has 0 aliphatic rings. The van der Waals surface area contributed by atoms with Crippen LogP contribution in [0.15, 0.2) is 18.5 Å². The second kappa shape index (κ2) is 3.79. The van der Waals surface area contributed by atoms with E-state index in [-0.39, 0.29) is 0 Å². The van der Waals surface area contributed by atoms with Crippen molar-refractivity contribution in [3.05, 3.63) is 28.3 Å². The summed E-state index contributed by atoms with van der Waals surface area (Å²) in [5, 5.41) is 8.47. The highest BCUT2D eigenvalue weighted by Gasteiger charge is 2.00. The first-order valence-electron chi connectivity index (χ1n) is 4.39. The standard InChI is InChI=1S/C9H12N4S/c1-7-10-5-8(14-7)6-11-9-3-4-12-13(9)2/h3-5,11H,6H2,1-2H3. The molecule has 1 N–H and O–H groups in total. The van der Waals surface area contributed by atoms with Crippen molar-refractivity contribution < 1.29 is 0 Å². The number of rotatable bonds is 3. The number of thiazole rings is 1. The molecule has 0 unspecified atom stereocenters. The fourth-order valence-electron chi connectivity index (χ4n) is 1.21. The average molecular weight is 208 g/mol. The van der Waals surface area contributed by atoms with Crippen LogP contribution in [-0.4, -0.2) is 14.8 Å². The topological polar surface area (TPSA) is 42.7 Å². The highest BCUT2D eigenvalue weighted by atomic mass is 32.1. The number of aromatic nitrogens is 3. The molecular weight excluding hydrogens is 196 g/mol. The van der Waals surface area contributed by atoms with Crippen LogP contribution in [-0.2, 0) is 13.6 Å². The highest BCUT2D eigenvalue weighted by molar-refractivity contribution is 7.11. The van der Waals surface area contributed by atoms with Crippen LogP contribution in [0.1, 0.15) is 9.88 Å². The molecule has 0 spiro atoms. The third kappa shape index (κ3) is 1.93. The van der Waals surface area contributed by atoms with E-state index in [9.17, 15) is 0 Å². The predicted molar refractivity (Wildman–Crippen MR) is 57.4 cm³/mol. The van der Waals surface area contributed by atoms with Gasteiger partial charge in [0.1, 0.15) is 5.82 Å². The fraction of sp³-hybridized carbons (Fsp3) is 0.333. The van der Waals surface area contributed by atoms with Crippen molar-refractivity contribution in [1.29, 1.82) is 0 Å². The SMILES string of the molecule is Cc1ncc(CNc2ccnn2C)s1. The van der Waals surface area contributed by atoms with Gasteiger partial charge >= 0.3 is 0 Å². The molecule has 0 amide bonds. The van der Waals surface area contributed by atoms with Crippen LogP contribution in [0.2, 0.25) is 0 Å². The lowest BCUT2D eigenvalue weighted by Crippen LogP contribution is -2.03. The Balaban J connectivity index is 1.98. The first kappa shape index (κ1) is 9.21. The first-order valence-corrected chi connectivity index (χ1v) is 5.20. The lowest BCUT2D eigenvalue weighted by atomic mass is 10.5. The Morgan fingerprint density at radius 1 is 1.57 bits per heavy atom. The average Bonchev–Trinajstić information content (AvgIpc) is 2.72. The fourth-order valence-corrected chi connectivity index (χ4v) is 1.95. The quantitative estimate of drug-likeness (QED) is 0.836. The molecule has 74 valence electrons. The van der Waals surface area contributed by atoms with Crippen molar-refractivity contribution in [2.24, 2.45) is 7.05 Å². The summed E-state index contributed by atoms with van der Waals surface area (Å²) >= 11 is 1.71. The zero-order chi connectivity index (χ0) is 9.97. The van der Waals surface area contributed by atoms with Gasteiger partial charge in [-0.2, -0.15) is 5.10 Å². The van der Waals surface area contributed by atoms with Gasteiger partial charge < -0.3 is 5.32 Å². The minimum absolute atomic E-state index is 0.811. The van der Waals surface area contributed by atoms with Gasteiger partial charge in [0.15, 0.2) is 0 Å². The van der Waals surface area contributed by atoms with Crippen LogP contribution >= 0.6 is 11.3 Å². The van der Waals surface area contributed by atoms with Gasteiger partial charge in [-0.15, -0.1) is 11.3 Å². The molecule has 0 bridgehead atoms. The predicted octanol–water partition coefficient (Wildman–Crippen LogP) is 1.80. The van der Waals surface area contributed by atoms with E-state index >= 15 is 0 Å². The van der Waals surface area contributed by atoms with Crippen molar-refractivity contribution in [2.75, 3.05) is 5.32 Å². The molecule has 0 fully saturated rings. The molecule has 2 aromatic rings. The molecule has 0 aliphatic carbocycles. The zero-order valence-corrected chi connectivity index (χ0v) is 9.01. The number of anilines is 1. The second-order valence-electron chi connectivity index (χ2n) is 3.04. The molecule has 0 atom stereocenters. The molecule has 0 radical (unpaired) electrons. The Morgan fingerprint density at radius 2 is 2.43 bits per heavy atom. The summed E-state index contributed by atoms with van der Waals surface area (Å²) < 4.78 is 1.81. The van der Waals surface area contributed by atoms with Crippen LogP contribution in [0.5, 0.6) is 0 Å². The van der Waals surface area contributed by atoms with E-state index in [0.29, 0.717) is 0 Å². The van der Waals surface area contributed by atoms with Gasteiger partial charge in [-0.1, -0.05) is 0 Å². The lowest BCUT2D eigenvalue weighted by molar-refractivity contribution is 0.769. The van der Waals surface area contributed by atoms with Crippen molar-refractivity contribution in [3.63, 3.8) is 0 Å². The van der Waals surface area contributed by atoms with E-state index < -0.39 is 0 Å². The minimum atomic E-state index is 0.811. The molecule has 0 saturated carbocycles. The maximum absolute atomic E-state index is 4.20. The number of nitrogens with one attached hydrogen (secondary N) is 1. The Labute approximate surface area is 86.6 Å². The van der Waals surface area contributed by atoms with E-state index in [1.54, 1.807) is 17.5 Å². The molecule has 2 aromatic heterocycles. The number of hydrogen-bond donors (Lipinski definition) is 1. The molecule has 4 nitrogen and oxygen atoms in total. The normalized spacial score (nSPS) is 10.4. The minimum Gasteiger partial charge on any atom is -0.365 e. The Morgan fingerprint density at radius 3 is 3.00 bits per heavy atom. The molecule has 0 aliphatic heterocycles. The Kier molecular flexibility index (Phi) is 2.49. The van der Waals surface area contributed by atoms with E-state index in [1.807, 2.05) is 30.9 Å². The first-order chi connectivity index (χ1) is 6.75. The molecule has 2 heterocycles. The number of nitrogens with zero attached hydrogens (tertiary/aromatic N) is 3. The van der Waals surface area contributed by atoms with Crippen LogP contribution in [0.4, 0.5) is 5.82 Å². The van der Waals surface area contributed by atoms with Crippen molar-refractivity contribution in [1.82, 2.24) is 14.8 Å².